The molecule has 0 saturated heterocycles. The zero-order valence-electron chi connectivity index (χ0n) is 9.56. The van der Waals surface area contributed by atoms with Crippen molar-refractivity contribution in [1.82, 2.24) is 14.6 Å². The third-order valence-corrected chi connectivity index (χ3v) is 2.99. The number of rotatable bonds is 1. The summed E-state index contributed by atoms with van der Waals surface area (Å²) in [6.45, 7) is 1.96. The summed E-state index contributed by atoms with van der Waals surface area (Å²) in [6, 6.07) is 8.32. The fourth-order valence-corrected chi connectivity index (χ4v) is 2.05. The molecule has 3 aromatic rings. The first kappa shape index (κ1) is 11.2. The standard InChI is InChI=1S/C13H9ClFN3/c1-8-5-6-18-11(7-8)16-13(17-18)12-9(14)3-2-4-10(12)15/h2-7H,1H3. The predicted octanol–water partition coefficient (Wildman–Crippen LogP) is 3.50. The first-order valence-corrected chi connectivity index (χ1v) is 5.80. The number of aryl methyl sites for hydroxylation is 1. The van der Waals surface area contributed by atoms with E-state index >= 15 is 0 Å². The molecular weight excluding hydrogens is 253 g/mol. The normalized spacial score (nSPS) is 11.1. The molecule has 0 atom stereocenters. The molecule has 0 aliphatic heterocycles. The summed E-state index contributed by atoms with van der Waals surface area (Å²) in [6.07, 6.45) is 1.79. The molecular formula is C13H9ClFN3. The SMILES string of the molecule is Cc1ccn2nc(-c3c(F)cccc3Cl)nc2c1. The van der Waals surface area contributed by atoms with Crippen LogP contribution < -0.4 is 0 Å². The predicted molar refractivity (Wildman–Crippen MR) is 68.1 cm³/mol. The highest BCUT2D eigenvalue weighted by molar-refractivity contribution is 6.33. The number of nitrogens with zero attached hydrogens (tertiary/aromatic N) is 3. The van der Waals surface area contributed by atoms with Crippen LogP contribution in [0.2, 0.25) is 5.02 Å². The third kappa shape index (κ3) is 1.75. The molecule has 2 aromatic heterocycles. The maximum atomic E-state index is 13.8. The molecule has 0 aliphatic rings. The second-order valence-corrected chi connectivity index (χ2v) is 4.45. The van der Waals surface area contributed by atoms with Gasteiger partial charge in [-0.1, -0.05) is 17.7 Å². The van der Waals surface area contributed by atoms with Crippen molar-refractivity contribution >= 4 is 17.2 Å². The highest BCUT2D eigenvalue weighted by Gasteiger charge is 2.14. The summed E-state index contributed by atoms with van der Waals surface area (Å²) in [5.74, 6) is -0.126. The lowest BCUT2D eigenvalue weighted by atomic mass is 10.2. The molecule has 0 amide bonds. The average Bonchev–Trinajstić information content (AvgIpc) is 2.71. The van der Waals surface area contributed by atoms with Gasteiger partial charge in [0.15, 0.2) is 11.5 Å². The molecule has 0 unspecified atom stereocenters. The van der Waals surface area contributed by atoms with E-state index in [4.69, 9.17) is 11.6 Å². The van der Waals surface area contributed by atoms with Crippen LogP contribution >= 0.6 is 11.6 Å². The molecule has 0 bridgehead atoms. The van der Waals surface area contributed by atoms with Crippen LogP contribution in [-0.4, -0.2) is 14.6 Å². The Bertz CT molecular complexity index is 716. The van der Waals surface area contributed by atoms with Crippen LogP contribution in [0, 0.1) is 12.7 Å². The van der Waals surface area contributed by atoms with E-state index in [9.17, 15) is 4.39 Å². The Kier molecular flexibility index (Phi) is 2.52. The summed E-state index contributed by atoms with van der Waals surface area (Å²) >= 11 is 5.99. The molecule has 0 saturated carbocycles. The second kappa shape index (κ2) is 4.07. The van der Waals surface area contributed by atoms with Crippen molar-refractivity contribution < 1.29 is 4.39 Å². The minimum absolute atomic E-state index is 0.237. The van der Waals surface area contributed by atoms with Gasteiger partial charge in [-0.05, 0) is 36.8 Å². The minimum atomic E-state index is -0.421. The number of benzene rings is 1. The smallest absolute Gasteiger partial charge is 0.186 e. The molecule has 0 N–H and O–H groups in total. The van der Waals surface area contributed by atoms with Crippen molar-refractivity contribution in [2.45, 2.75) is 6.92 Å². The zero-order chi connectivity index (χ0) is 12.7. The maximum Gasteiger partial charge on any atom is 0.186 e. The van der Waals surface area contributed by atoms with Crippen molar-refractivity contribution in [2.24, 2.45) is 0 Å². The Morgan fingerprint density at radius 1 is 1.28 bits per heavy atom. The fraction of sp³-hybridized carbons (Fsp3) is 0.0769. The number of fused-ring (bicyclic) bond motifs is 1. The van der Waals surface area contributed by atoms with Crippen LogP contribution in [-0.2, 0) is 0 Å². The lowest BCUT2D eigenvalue weighted by molar-refractivity contribution is 0.630. The van der Waals surface area contributed by atoms with Gasteiger partial charge in [0.25, 0.3) is 0 Å². The van der Waals surface area contributed by atoms with Gasteiger partial charge in [-0.3, -0.25) is 0 Å². The number of hydrogen-bond donors (Lipinski definition) is 0. The van der Waals surface area contributed by atoms with E-state index < -0.39 is 5.82 Å². The van der Waals surface area contributed by atoms with Crippen LogP contribution in [0.5, 0.6) is 0 Å². The van der Waals surface area contributed by atoms with E-state index in [0.29, 0.717) is 16.5 Å². The minimum Gasteiger partial charge on any atom is -0.221 e. The molecule has 90 valence electrons. The fourth-order valence-electron chi connectivity index (χ4n) is 1.80. The lowest BCUT2D eigenvalue weighted by Gasteiger charge is -1.99. The maximum absolute atomic E-state index is 13.8. The average molecular weight is 262 g/mol. The first-order valence-electron chi connectivity index (χ1n) is 5.42. The Labute approximate surface area is 108 Å². The van der Waals surface area contributed by atoms with Crippen LogP contribution in [0.1, 0.15) is 5.56 Å². The van der Waals surface area contributed by atoms with E-state index in [0.717, 1.165) is 5.56 Å². The summed E-state index contributed by atoms with van der Waals surface area (Å²) in [5, 5.41) is 4.53. The number of hydrogen-bond acceptors (Lipinski definition) is 2. The van der Waals surface area contributed by atoms with E-state index in [-0.39, 0.29) is 5.56 Å². The number of halogens is 2. The molecule has 3 nitrogen and oxygen atoms in total. The van der Waals surface area contributed by atoms with Gasteiger partial charge in [-0.25, -0.2) is 13.9 Å². The monoisotopic (exact) mass is 261 g/mol. The molecule has 0 aliphatic carbocycles. The summed E-state index contributed by atoms with van der Waals surface area (Å²) < 4.78 is 15.4. The van der Waals surface area contributed by atoms with Gasteiger partial charge < -0.3 is 0 Å². The second-order valence-electron chi connectivity index (χ2n) is 4.04. The first-order chi connectivity index (χ1) is 8.65. The molecule has 0 radical (unpaired) electrons. The lowest BCUT2D eigenvalue weighted by Crippen LogP contribution is -1.89. The summed E-state index contributed by atoms with van der Waals surface area (Å²) in [7, 11) is 0. The van der Waals surface area contributed by atoms with E-state index in [2.05, 4.69) is 10.1 Å². The van der Waals surface area contributed by atoms with Crippen molar-refractivity contribution in [3.63, 3.8) is 0 Å². The third-order valence-electron chi connectivity index (χ3n) is 2.68. The Morgan fingerprint density at radius 2 is 2.11 bits per heavy atom. The van der Waals surface area contributed by atoms with Crippen molar-refractivity contribution in [3.8, 4) is 11.4 Å². The summed E-state index contributed by atoms with van der Waals surface area (Å²) in [4.78, 5) is 4.29. The van der Waals surface area contributed by atoms with Crippen LogP contribution in [0.25, 0.3) is 17.0 Å². The van der Waals surface area contributed by atoms with Crippen molar-refractivity contribution in [3.05, 3.63) is 52.9 Å². The van der Waals surface area contributed by atoms with Crippen molar-refractivity contribution in [2.75, 3.05) is 0 Å². The number of aromatic nitrogens is 3. The van der Waals surface area contributed by atoms with Crippen LogP contribution in [0.4, 0.5) is 4.39 Å². The molecule has 0 fully saturated rings. The quantitative estimate of drug-likeness (QED) is 0.671. The van der Waals surface area contributed by atoms with E-state index in [1.54, 1.807) is 22.8 Å². The molecule has 1 aromatic carbocycles. The highest BCUT2D eigenvalue weighted by Crippen LogP contribution is 2.28. The topological polar surface area (TPSA) is 30.2 Å². The highest BCUT2D eigenvalue weighted by atomic mass is 35.5. The van der Waals surface area contributed by atoms with E-state index in [1.165, 1.54) is 6.07 Å². The van der Waals surface area contributed by atoms with Crippen molar-refractivity contribution in [1.29, 1.82) is 0 Å². The number of pyridine rings is 1. The van der Waals surface area contributed by atoms with Gasteiger partial charge in [-0.15, -0.1) is 5.10 Å². The van der Waals surface area contributed by atoms with Crippen LogP contribution in [0.15, 0.2) is 36.5 Å². The molecule has 3 rings (SSSR count). The Hall–Kier alpha value is -1.94. The molecule has 18 heavy (non-hydrogen) atoms. The Balaban J connectivity index is 2.26. The zero-order valence-corrected chi connectivity index (χ0v) is 10.3. The van der Waals surface area contributed by atoms with Gasteiger partial charge in [0.1, 0.15) is 5.82 Å². The summed E-state index contributed by atoms with van der Waals surface area (Å²) in [5.41, 5.74) is 1.98. The van der Waals surface area contributed by atoms with E-state index in [1.807, 2.05) is 19.1 Å². The van der Waals surface area contributed by atoms with Gasteiger partial charge in [0.05, 0.1) is 10.6 Å². The molecule has 0 spiro atoms. The largest absolute Gasteiger partial charge is 0.221 e. The van der Waals surface area contributed by atoms with Gasteiger partial charge in [-0.2, -0.15) is 0 Å². The molecule has 5 heteroatoms. The van der Waals surface area contributed by atoms with Gasteiger partial charge >= 0.3 is 0 Å². The van der Waals surface area contributed by atoms with Crippen LogP contribution in [0.3, 0.4) is 0 Å². The molecule has 2 heterocycles. The Morgan fingerprint density at radius 3 is 2.89 bits per heavy atom. The van der Waals surface area contributed by atoms with Gasteiger partial charge in [0, 0.05) is 6.20 Å². The van der Waals surface area contributed by atoms with Gasteiger partial charge in [0.2, 0.25) is 0 Å².